The lowest BCUT2D eigenvalue weighted by molar-refractivity contribution is -0.141. The molecule has 0 saturated carbocycles. The van der Waals surface area contributed by atoms with E-state index in [4.69, 9.17) is 10.4 Å². The van der Waals surface area contributed by atoms with E-state index in [1.165, 1.54) is 4.90 Å². The molecule has 0 unspecified atom stereocenters. The Morgan fingerprint density at radius 2 is 2.31 bits per heavy atom. The Hall–Kier alpha value is -1.57. The first-order valence-electron chi connectivity index (χ1n) is 4.02. The molecule has 1 rings (SSSR count). The van der Waals surface area contributed by atoms with Crippen molar-refractivity contribution in [3.63, 3.8) is 0 Å². The van der Waals surface area contributed by atoms with Gasteiger partial charge >= 0.3 is 5.97 Å². The van der Waals surface area contributed by atoms with Crippen molar-refractivity contribution in [1.82, 2.24) is 4.90 Å². The average Bonchev–Trinajstić information content (AvgIpc) is 2.52. The zero-order chi connectivity index (χ0) is 9.84. The van der Waals surface area contributed by atoms with E-state index < -0.39 is 11.9 Å². The van der Waals surface area contributed by atoms with Crippen LogP contribution >= 0.6 is 0 Å². The molecule has 1 fully saturated rings. The van der Waals surface area contributed by atoms with Crippen LogP contribution in [0.15, 0.2) is 0 Å². The Bertz CT molecular complexity index is 269. The fourth-order valence-corrected chi connectivity index (χ4v) is 1.37. The molecule has 0 aromatic carbocycles. The van der Waals surface area contributed by atoms with E-state index in [1.807, 2.05) is 0 Å². The molecule has 1 saturated heterocycles. The van der Waals surface area contributed by atoms with Crippen molar-refractivity contribution in [2.75, 3.05) is 13.1 Å². The molecule has 1 amide bonds. The van der Waals surface area contributed by atoms with Crippen LogP contribution in [0.5, 0.6) is 0 Å². The second kappa shape index (κ2) is 3.90. The molecule has 1 atom stereocenters. The summed E-state index contributed by atoms with van der Waals surface area (Å²) in [6.45, 7) is 0.702. The maximum absolute atomic E-state index is 11.1. The Labute approximate surface area is 75.6 Å². The fourth-order valence-electron chi connectivity index (χ4n) is 1.37. The molecular weight excluding hydrogens is 172 g/mol. The molecule has 5 nitrogen and oxygen atoms in total. The molecule has 1 N–H and O–H groups in total. The first kappa shape index (κ1) is 9.52. The highest BCUT2D eigenvalue weighted by Gasteiger charge is 2.30. The van der Waals surface area contributed by atoms with E-state index in [1.54, 1.807) is 6.07 Å². The molecule has 1 aliphatic rings. The number of carboxylic acid groups (broad SMARTS) is 1. The lowest BCUT2D eigenvalue weighted by atomic mass is 10.1. The van der Waals surface area contributed by atoms with Gasteiger partial charge in [-0.05, 0) is 6.42 Å². The summed E-state index contributed by atoms with van der Waals surface area (Å²) in [5.41, 5.74) is 0. The lowest BCUT2D eigenvalue weighted by Crippen LogP contribution is -2.29. The van der Waals surface area contributed by atoms with Crippen molar-refractivity contribution in [3.05, 3.63) is 0 Å². The first-order chi connectivity index (χ1) is 6.15. The highest BCUT2D eigenvalue weighted by molar-refractivity contribution is 5.80. The van der Waals surface area contributed by atoms with E-state index in [0.717, 1.165) is 0 Å². The van der Waals surface area contributed by atoms with Gasteiger partial charge in [0, 0.05) is 13.1 Å². The molecular formula is C8H10N2O3. The molecule has 0 radical (unpaired) electrons. The van der Waals surface area contributed by atoms with Crippen molar-refractivity contribution < 1.29 is 14.7 Å². The topological polar surface area (TPSA) is 81.4 Å². The smallest absolute Gasteiger partial charge is 0.308 e. The van der Waals surface area contributed by atoms with Crippen LogP contribution in [-0.2, 0) is 9.59 Å². The van der Waals surface area contributed by atoms with Crippen LogP contribution < -0.4 is 0 Å². The zero-order valence-electron chi connectivity index (χ0n) is 7.06. The summed E-state index contributed by atoms with van der Waals surface area (Å²) in [5.74, 6) is -1.60. The number of carboxylic acids is 1. The Kier molecular flexibility index (Phi) is 2.85. The van der Waals surface area contributed by atoms with E-state index in [2.05, 4.69) is 0 Å². The SMILES string of the molecule is N#CCC(=O)N1CC[C@H](C(=O)O)C1. The van der Waals surface area contributed by atoms with Crippen molar-refractivity contribution in [1.29, 1.82) is 5.26 Å². The van der Waals surface area contributed by atoms with Gasteiger partial charge in [0.1, 0.15) is 6.42 Å². The number of rotatable bonds is 2. The van der Waals surface area contributed by atoms with E-state index in [0.29, 0.717) is 13.0 Å². The summed E-state index contributed by atoms with van der Waals surface area (Å²) < 4.78 is 0. The van der Waals surface area contributed by atoms with Crippen LogP contribution in [0.1, 0.15) is 12.8 Å². The Morgan fingerprint density at radius 1 is 1.62 bits per heavy atom. The predicted octanol–water partition coefficient (Wildman–Crippen LogP) is -0.167. The zero-order valence-corrected chi connectivity index (χ0v) is 7.06. The highest BCUT2D eigenvalue weighted by atomic mass is 16.4. The third-order valence-electron chi connectivity index (χ3n) is 2.12. The van der Waals surface area contributed by atoms with Gasteiger partial charge < -0.3 is 10.0 Å². The second-order valence-electron chi connectivity index (χ2n) is 3.00. The Balaban J connectivity index is 2.46. The minimum Gasteiger partial charge on any atom is -0.481 e. The number of carbonyl (C=O) groups is 2. The summed E-state index contributed by atoms with van der Waals surface area (Å²) in [6, 6.07) is 1.75. The van der Waals surface area contributed by atoms with Gasteiger partial charge in [0.25, 0.3) is 0 Å². The predicted molar refractivity (Wildman–Crippen MR) is 42.6 cm³/mol. The maximum Gasteiger partial charge on any atom is 0.308 e. The average molecular weight is 182 g/mol. The summed E-state index contributed by atoms with van der Waals surface area (Å²) in [5, 5.41) is 16.9. The monoisotopic (exact) mass is 182 g/mol. The number of carbonyl (C=O) groups excluding carboxylic acids is 1. The van der Waals surface area contributed by atoms with Crippen LogP contribution in [-0.4, -0.2) is 35.0 Å². The van der Waals surface area contributed by atoms with E-state index in [9.17, 15) is 9.59 Å². The molecule has 0 aromatic heterocycles. The number of hydrogen-bond donors (Lipinski definition) is 1. The molecule has 70 valence electrons. The van der Waals surface area contributed by atoms with Crippen LogP contribution in [0.2, 0.25) is 0 Å². The summed E-state index contributed by atoms with van der Waals surface area (Å²) in [4.78, 5) is 23.1. The van der Waals surface area contributed by atoms with Crippen LogP contribution in [0.25, 0.3) is 0 Å². The Morgan fingerprint density at radius 3 is 2.77 bits per heavy atom. The molecule has 1 aliphatic heterocycles. The van der Waals surface area contributed by atoms with Gasteiger partial charge in [0.15, 0.2) is 0 Å². The second-order valence-corrected chi connectivity index (χ2v) is 3.00. The van der Waals surface area contributed by atoms with Gasteiger partial charge in [-0.2, -0.15) is 5.26 Å². The lowest BCUT2D eigenvalue weighted by Gasteiger charge is -2.12. The van der Waals surface area contributed by atoms with Crippen molar-refractivity contribution in [2.45, 2.75) is 12.8 Å². The quantitative estimate of drug-likeness (QED) is 0.643. The van der Waals surface area contributed by atoms with Crippen LogP contribution in [0.3, 0.4) is 0 Å². The van der Waals surface area contributed by atoms with E-state index in [-0.39, 0.29) is 18.9 Å². The van der Waals surface area contributed by atoms with Gasteiger partial charge in [0.05, 0.1) is 12.0 Å². The highest BCUT2D eigenvalue weighted by Crippen LogP contribution is 2.16. The van der Waals surface area contributed by atoms with Gasteiger partial charge in [-0.3, -0.25) is 9.59 Å². The number of aliphatic carboxylic acids is 1. The number of likely N-dealkylation sites (tertiary alicyclic amines) is 1. The van der Waals surface area contributed by atoms with Gasteiger partial charge in [-0.25, -0.2) is 0 Å². The minimum absolute atomic E-state index is 0.160. The fraction of sp³-hybridized carbons (Fsp3) is 0.625. The largest absolute Gasteiger partial charge is 0.481 e. The van der Waals surface area contributed by atoms with Crippen molar-refractivity contribution in [2.24, 2.45) is 5.92 Å². The first-order valence-corrected chi connectivity index (χ1v) is 4.02. The molecule has 1 heterocycles. The summed E-state index contributed by atoms with van der Waals surface area (Å²) in [6.07, 6.45) is 0.332. The minimum atomic E-state index is -0.868. The number of amides is 1. The van der Waals surface area contributed by atoms with Crippen molar-refractivity contribution >= 4 is 11.9 Å². The standard InChI is InChI=1S/C8H10N2O3/c9-3-1-7(11)10-4-2-6(5-10)8(12)13/h6H,1-2,4-5H2,(H,12,13)/t6-/m0/s1. The molecule has 0 aliphatic carbocycles. The normalized spacial score (nSPS) is 21.2. The van der Waals surface area contributed by atoms with Crippen LogP contribution in [0, 0.1) is 17.2 Å². The third kappa shape index (κ3) is 2.18. The summed E-state index contributed by atoms with van der Waals surface area (Å²) in [7, 11) is 0. The van der Waals surface area contributed by atoms with Gasteiger partial charge in [0.2, 0.25) is 5.91 Å². The van der Waals surface area contributed by atoms with Gasteiger partial charge in [-0.1, -0.05) is 0 Å². The molecule has 13 heavy (non-hydrogen) atoms. The molecule has 0 bridgehead atoms. The summed E-state index contributed by atoms with van der Waals surface area (Å²) >= 11 is 0. The van der Waals surface area contributed by atoms with Crippen LogP contribution in [0.4, 0.5) is 0 Å². The molecule has 0 spiro atoms. The third-order valence-corrected chi connectivity index (χ3v) is 2.12. The number of nitrogens with zero attached hydrogens (tertiary/aromatic N) is 2. The maximum atomic E-state index is 11.1. The van der Waals surface area contributed by atoms with E-state index >= 15 is 0 Å². The number of hydrogen-bond acceptors (Lipinski definition) is 3. The van der Waals surface area contributed by atoms with Crippen molar-refractivity contribution in [3.8, 4) is 6.07 Å². The molecule has 0 aromatic rings. The molecule has 5 heteroatoms. The van der Waals surface area contributed by atoms with Gasteiger partial charge in [-0.15, -0.1) is 0 Å². The number of nitriles is 1.